The van der Waals surface area contributed by atoms with Crippen LogP contribution in [0.25, 0.3) is 5.57 Å². The van der Waals surface area contributed by atoms with Crippen LogP contribution in [0.3, 0.4) is 0 Å². The van der Waals surface area contributed by atoms with Gasteiger partial charge in [-0.15, -0.1) is 0 Å². The van der Waals surface area contributed by atoms with Gasteiger partial charge in [-0.25, -0.2) is 8.78 Å². The van der Waals surface area contributed by atoms with Gasteiger partial charge >= 0.3 is 0 Å². The van der Waals surface area contributed by atoms with Crippen LogP contribution in [-0.4, -0.2) is 23.8 Å². The second-order valence-corrected chi connectivity index (χ2v) is 6.91. The van der Waals surface area contributed by atoms with E-state index in [-0.39, 0.29) is 17.8 Å². The van der Waals surface area contributed by atoms with E-state index >= 15 is 0 Å². The van der Waals surface area contributed by atoms with Crippen LogP contribution in [0.2, 0.25) is 0 Å². The molecule has 3 aromatic rings. The molecule has 4 rings (SSSR count). The first-order chi connectivity index (χ1) is 15.0. The molecule has 0 aromatic heterocycles. The Balaban J connectivity index is 1.78. The SMILES string of the molecule is COc1ccccc1C1=C(Nc2cccc(F)c2)C(=O)N(Cc2ccc(F)cc2)C1=O. The van der Waals surface area contributed by atoms with Gasteiger partial charge < -0.3 is 10.1 Å². The Labute approximate surface area is 177 Å². The van der Waals surface area contributed by atoms with Crippen LogP contribution in [0.5, 0.6) is 5.75 Å². The summed E-state index contributed by atoms with van der Waals surface area (Å²) in [4.78, 5) is 27.6. The van der Waals surface area contributed by atoms with Crippen LogP contribution in [0.15, 0.2) is 78.5 Å². The Morgan fingerprint density at radius 1 is 0.871 bits per heavy atom. The summed E-state index contributed by atoms with van der Waals surface area (Å²) in [6.45, 7) is -0.0368. The van der Waals surface area contributed by atoms with E-state index < -0.39 is 23.4 Å². The second-order valence-electron chi connectivity index (χ2n) is 6.91. The zero-order chi connectivity index (χ0) is 22.0. The quantitative estimate of drug-likeness (QED) is 0.602. The normalized spacial score (nSPS) is 13.7. The highest BCUT2D eigenvalue weighted by molar-refractivity contribution is 6.36. The molecule has 2 amide bonds. The number of methoxy groups -OCH3 is 1. The Kier molecular flexibility index (Phi) is 5.49. The van der Waals surface area contributed by atoms with Crippen LogP contribution in [0, 0.1) is 11.6 Å². The Morgan fingerprint density at radius 3 is 2.32 bits per heavy atom. The number of hydrogen-bond acceptors (Lipinski definition) is 4. The fourth-order valence-electron chi connectivity index (χ4n) is 3.42. The Bertz CT molecular complexity index is 1190. The van der Waals surface area contributed by atoms with E-state index in [1.807, 2.05) is 0 Å². The lowest BCUT2D eigenvalue weighted by atomic mass is 10.0. The highest BCUT2D eigenvalue weighted by Gasteiger charge is 2.40. The molecule has 0 fully saturated rings. The van der Waals surface area contributed by atoms with Crippen molar-refractivity contribution in [1.29, 1.82) is 0 Å². The minimum atomic E-state index is -0.570. The van der Waals surface area contributed by atoms with Crippen LogP contribution >= 0.6 is 0 Å². The molecule has 156 valence electrons. The number of rotatable bonds is 6. The zero-order valence-corrected chi connectivity index (χ0v) is 16.6. The summed E-state index contributed by atoms with van der Waals surface area (Å²) >= 11 is 0. The minimum absolute atomic E-state index is 0.0159. The Hall–Kier alpha value is -4.00. The summed E-state index contributed by atoms with van der Waals surface area (Å²) in [6, 6.07) is 18.0. The smallest absolute Gasteiger partial charge is 0.278 e. The van der Waals surface area contributed by atoms with Crippen molar-refractivity contribution in [3.8, 4) is 5.75 Å². The summed E-state index contributed by atoms with van der Waals surface area (Å²) in [5, 5.41) is 2.90. The van der Waals surface area contributed by atoms with Crippen molar-refractivity contribution in [2.45, 2.75) is 6.54 Å². The number of carbonyl (C=O) groups is 2. The van der Waals surface area contributed by atoms with Gasteiger partial charge in [-0.2, -0.15) is 0 Å². The summed E-state index contributed by atoms with van der Waals surface area (Å²) in [7, 11) is 1.47. The fraction of sp³-hybridized carbons (Fsp3) is 0.0833. The largest absolute Gasteiger partial charge is 0.496 e. The molecule has 0 spiro atoms. The van der Waals surface area contributed by atoms with Gasteiger partial charge in [0.15, 0.2) is 0 Å². The van der Waals surface area contributed by atoms with Crippen LogP contribution in [0.1, 0.15) is 11.1 Å². The van der Waals surface area contributed by atoms with Gasteiger partial charge in [0.05, 0.1) is 19.2 Å². The molecule has 0 atom stereocenters. The van der Waals surface area contributed by atoms with Gasteiger partial charge in [-0.05, 0) is 42.0 Å². The molecule has 0 bridgehead atoms. The molecule has 1 N–H and O–H groups in total. The predicted octanol–water partition coefficient (Wildman–Crippen LogP) is 4.37. The number of benzene rings is 3. The van der Waals surface area contributed by atoms with Gasteiger partial charge in [-0.3, -0.25) is 14.5 Å². The number of imide groups is 1. The van der Waals surface area contributed by atoms with Gasteiger partial charge in [-0.1, -0.05) is 36.4 Å². The molecule has 1 aliphatic rings. The monoisotopic (exact) mass is 420 g/mol. The molecule has 0 radical (unpaired) electrons. The lowest BCUT2D eigenvalue weighted by molar-refractivity contribution is -0.137. The summed E-state index contributed by atoms with van der Waals surface area (Å²) in [5.41, 5.74) is 1.49. The summed E-state index contributed by atoms with van der Waals surface area (Å²) < 4.78 is 32.3. The molecule has 0 saturated heterocycles. The molecule has 1 aliphatic heterocycles. The maximum absolute atomic E-state index is 13.7. The highest BCUT2D eigenvalue weighted by Crippen LogP contribution is 2.35. The van der Waals surface area contributed by atoms with E-state index in [1.165, 1.54) is 49.6 Å². The standard InChI is InChI=1S/C24H18F2N2O3/c1-31-20-8-3-2-7-19(20)21-22(27-18-6-4-5-17(26)13-18)24(30)28(23(21)29)14-15-9-11-16(25)12-10-15/h2-13,27H,14H2,1H3. The summed E-state index contributed by atoms with van der Waals surface area (Å²) in [6.07, 6.45) is 0. The number of nitrogens with one attached hydrogen (secondary N) is 1. The molecular formula is C24H18F2N2O3. The number of ether oxygens (including phenoxy) is 1. The topological polar surface area (TPSA) is 58.6 Å². The number of hydrogen-bond donors (Lipinski definition) is 1. The van der Waals surface area contributed by atoms with E-state index in [0.717, 1.165) is 4.90 Å². The number of para-hydroxylation sites is 1. The zero-order valence-electron chi connectivity index (χ0n) is 16.6. The van der Waals surface area contributed by atoms with E-state index in [1.54, 1.807) is 30.3 Å². The lowest BCUT2D eigenvalue weighted by Gasteiger charge is -2.15. The molecule has 5 nitrogen and oxygen atoms in total. The van der Waals surface area contributed by atoms with Crippen molar-refractivity contribution in [1.82, 2.24) is 4.90 Å². The number of carbonyl (C=O) groups excluding carboxylic acids is 2. The molecule has 0 unspecified atom stereocenters. The number of halogens is 2. The van der Waals surface area contributed by atoms with Gasteiger partial charge in [0.2, 0.25) is 0 Å². The predicted molar refractivity (Wildman–Crippen MR) is 112 cm³/mol. The highest BCUT2D eigenvalue weighted by atomic mass is 19.1. The number of anilines is 1. The molecule has 0 saturated carbocycles. The van der Waals surface area contributed by atoms with Gasteiger partial charge in [0.1, 0.15) is 23.1 Å². The average Bonchev–Trinajstić information content (AvgIpc) is 2.99. The summed E-state index contributed by atoms with van der Waals surface area (Å²) in [5.74, 6) is -1.58. The van der Waals surface area contributed by atoms with Crippen molar-refractivity contribution < 1.29 is 23.1 Å². The second kappa shape index (κ2) is 8.39. The van der Waals surface area contributed by atoms with E-state index in [2.05, 4.69) is 5.32 Å². The third-order valence-corrected chi connectivity index (χ3v) is 4.89. The third-order valence-electron chi connectivity index (χ3n) is 4.89. The first-order valence-electron chi connectivity index (χ1n) is 9.49. The minimum Gasteiger partial charge on any atom is -0.496 e. The van der Waals surface area contributed by atoms with Crippen molar-refractivity contribution >= 4 is 23.1 Å². The fourth-order valence-corrected chi connectivity index (χ4v) is 3.42. The van der Waals surface area contributed by atoms with Crippen LogP contribution in [-0.2, 0) is 16.1 Å². The van der Waals surface area contributed by atoms with Crippen molar-refractivity contribution in [3.63, 3.8) is 0 Å². The van der Waals surface area contributed by atoms with Crippen LogP contribution < -0.4 is 10.1 Å². The lowest BCUT2D eigenvalue weighted by Crippen LogP contribution is -2.32. The molecular weight excluding hydrogens is 402 g/mol. The molecule has 3 aromatic carbocycles. The van der Waals surface area contributed by atoms with Crippen molar-refractivity contribution in [2.75, 3.05) is 12.4 Å². The molecule has 7 heteroatoms. The van der Waals surface area contributed by atoms with Crippen LogP contribution in [0.4, 0.5) is 14.5 Å². The third kappa shape index (κ3) is 4.02. The first-order valence-corrected chi connectivity index (χ1v) is 9.49. The van der Waals surface area contributed by atoms with Gasteiger partial charge in [0.25, 0.3) is 11.8 Å². The van der Waals surface area contributed by atoms with Gasteiger partial charge in [0, 0.05) is 11.3 Å². The van der Waals surface area contributed by atoms with Crippen molar-refractivity contribution in [2.24, 2.45) is 0 Å². The molecule has 31 heavy (non-hydrogen) atoms. The molecule has 0 aliphatic carbocycles. The van der Waals surface area contributed by atoms with E-state index in [4.69, 9.17) is 4.74 Å². The number of nitrogens with zero attached hydrogens (tertiary/aromatic N) is 1. The maximum atomic E-state index is 13.7. The molecule has 1 heterocycles. The van der Waals surface area contributed by atoms with E-state index in [9.17, 15) is 18.4 Å². The maximum Gasteiger partial charge on any atom is 0.278 e. The number of amides is 2. The average molecular weight is 420 g/mol. The first kappa shape index (κ1) is 20.3. The van der Waals surface area contributed by atoms with Crippen molar-refractivity contribution in [3.05, 3.63) is 101 Å². The Morgan fingerprint density at radius 2 is 1.61 bits per heavy atom. The van der Waals surface area contributed by atoms with E-state index in [0.29, 0.717) is 22.6 Å².